The number of halogens is 2. The molecular weight excluding hydrogens is 417 g/mol. The van der Waals surface area contributed by atoms with Crippen molar-refractivity contribution in [2.75, 3.05) is 6.54 Å². The molecular formula is C24H25Cl2N3O. The van der Waals surface area contributed by atoms with Crippen molar-refractivity contribution in [1.29, 1.82) is 0 Å². The van der Waals surface area contributed by atoms with E-state index in [1.807, 2.05) is 37.3 Å². The number of fused-ring (bicyclic) bond motifs is 1. The topological polar surface area (TPSA) is 38.1 Å². The summed E-state index contributed by atoms with van der Waals surface area (Å²) in [7, 11) is 0. The summed E-state index contributed by atoms with van der Waals surface area (Å²) in [6.45, 7) is 6.59. The van der Waals surface area contributed by atoms with Crippen molar-refractivity contribution in [1.82, 2.24) is 14.5 Å². The summed E-state index contributed by atoms with van der Waals surface area (Å²) in [5.41, 5.74) is 3.46. The zero-order chi connectivity index (χ0) is 21.3. The fraction of sp³-hybridized carbons (Fsp3) is 0.333. The number of aryl methyl sites for hydroxylation is 1. The zero-order valence-corrected chi connectivity index (χ0v) is 18.6. The van der Waals surface area contributed by atoms with Crippen molar-refractivity contribution in [3.63, 3.8) is 0 Å². The smallest absolute Gasteiger partial charge is 0.254 e. The molecule has 156 valence electrons. The fourth-order valence-corrected chi connectivity index (χ4v) is 4.60. The van der Waals surface area contributed by atoms with Gasteiger partial charge in [-0.1, -0.05) is 48.2 Å². The molecule has 0 aliphatic heterocycles. The van der Waals surface area contributed by atoms with Crippen LogP contribution in [0.2, 0.25) is 10.0 Å². The Hall–Kier alpha value is -2.30. The van der Waals surface area contributed by atoms with Gasteiger partial charge in [0.2, 0.25) is 0 Å². The van der Waals surface area contributed by atoms with E-state index < -0.39 is 0 Å². The molecule has 1 saturated carbocycles. The van der Waals surface area contributed by atoms with Crippen molar-refractivity contribution < 1.29 is 4.79 Å². The van der Waals surface area contributed by atoms with Crippen LogP contribution in [0, 0.1) is 6.92 Å². The summed E-state index contributed by atoms with van der Waals surface area (Å²) in [6.07, 6.45) is 6.40. The third-order valence-electron chi connectivity index (χ3n) is 5.80. The van der Waals surface area contributed by atoms with Gasteiger partial charge in [-0.3, -0.25) is 4.79 Å². The van der Waals surface area contributed by atoms with Gasteiger partial charge in [0.05, 0.1) is 17.6 Å². The highest BCUT2D eigenvalue weighted by Gasteiger charge is 2.25. The minimum atomic E-state index is -0.0835. The van der Waals surface area contributed by atoms with Crippen LogP contribution in [0.5, 0.6) is 0 Å². The predicted molar refractivity (Wildman–Crippen MR) is 123 cm³/mol. The molecule has 1 aliphatic carbocycles. The highest BCUT2D eigenvalue weighted by Crippen LogP contribution is 2.35. The van der Waals surface area contributed by atoms with Gasteiger partial charge < -0.3 is 9.47 Å². The van der Waals surface area contributed by atoms with E-state index in [4.69, 9.17) is 28.2 Å². The van der Waals surface area contributed by atoms with Crippen molar-refractivity contribution in [2.24, 2.45) is 0 Å². The van der Waals surface area contributed by atoms with Gasteiger partial charge in [-0.25, -0.2) is 4.98 Å². The van der Waals surface area contributed by atoms with E-state index in [2.05, 4.69) is 11.1 Å². The van der Waals surface area contributed by atoms with Crippen LogP contribution in [0.4, 0.5) is 0 Å². The van der Waals surface area contributed by atoms with Crippen LogP contribution in [-0.4, -0.2) is 26.9 Å². The maximum atomic E-state index is 13.3. The maximum Gasteiger partial charge on any atom is 0.254 e. The molecule has 1 amide bonds. The number of hydrogen-bond acceptors (Lipinski definition) is 2. The Labute approximate surface area is 187 Å². The molecule has 0 atom stereocenters. The molecule has 1 aliphatic rings. The number of amides is 1. The van der Waals surface area contributed by atoms with Crippen LogP contribution in [0.3, 0.4) is 0 Å². The minimum Gasteiger partial charge on any atom is -0.327 e. The van der Waals surface area contributed by atoms with E-state index in [1.54, 1.807) is 17.0 Å². The average Bonchev–Trinajstić information content (AvgIpc) is 3.36. The zero-order valence-electron chi connectivity index (χ0n) is 17.1. The normalized spacial score (nSPS) is 14.4. The molecule has 0 radical (unpaired) electrons. The molecule has 6 heteroatoms. The monoisotopic (exact) mass is 441 g/mol. The second-order valence-electron chi connectivity index (χ2n) is 7.91. The van der Waals surface area contributed by atoms with Crippen molar-refractivity contribution in [2.45, 2.75) is 45.2 Å². The summed E-state index contributed by atoms with van der Waals surface area (Å²) in [4.78, 5) is 19.9. The van der Waals surface area contributed by atoms with Crippen LogP contribution in [0.25, 0.3) is 11.0 Å². The molecule has 1 aromatic heterocycles. The van der Waals surface area contributed by atoms with Gasteiger partial charge in [-0.05, 0) is 55.7 Å². The molecule has 3 aromatic rings. The van der Waals surface area contributed by atoms with Gasteiger partial charge in [0.25, 0.3) is 5.91 Å². The second kappa shape index (κ2) is 8.83. The summed E-state index contributed by atoms with van der Waals surface area (Å²) >= 11 is 12.5. The van der Waals surface area contributed by atoms with Gasteiger partial charge in [0.1, 0.15) is 5.82 Å². The third kappa shape index (κ3) is 4.12. The number of rotatable bonds is 6. The Balaban J connectivity index is 1.72. The summed E-state index contributed by atoms with van der Waals surface area (Å²) in [5.74, 6) is 0.799. The Kier molecular flexibility index (Phi) is 6.16. The summed E-state index contributed by atoms with van der Waals surface area (Å²) in [5, 5.41) is 1.29. The standard InChI is InChI=1S/C24H25Cl2N3O/c1-3-12-28(24(30)17-9-8-16(2)20(26)13-17)15-23-27-21-11-10-18(25)14-22(21)29(23)19-6-4-5-7-19/h3,8-11,13-14,19H,1,4-7,12,15H2,2H3. The number of carbonyl (C=O) groups excluding carboxylic acids is 1. The van der Waals surface area contributed by atoms with Crippen LogP contribution >= 0.6 is 23.2 Å². The molecule has 4 rings (SSSR count). The quantitative estimate of drug-likeness (QED) is 0.404. The number of hydrogen-bond donors (Lipinski definition) is 0. The van der Waals surface area contributed by atoms with Crippen LogP contribution in [-0.2, 0) is 6.54 Å². The van der Waals surface area contributed by atoms with Crippen molar-refractivity contribution in [3.8, 4) is 0 Å². The molecule has 0 saturated heterocycles. The van der Waals surface area contributed by atoms with Crippen LogP contribution in [0.1, 0.15) is 53.5 Å². The van der Waals surface area contributed by atoms with Gasteiger partial charge in [-0.2, -0.15) is 0 Å². The average molecular weight is 442 g/mol. The second-order valence-corrected chi connectivity index (χ2v) is 8.75. The maximum absolute atomic E-state index is 13.3. The highest BCUT2D eigenvalue weighted by atomic mass is 35.5. The highest BCUT2D eigenvalue weighted by molar-refractivity contribution is 6.31. The molecule has 0 unspecified atom stereocenters. The third-order valence-corrected chi connectivity index (χ3v) is 6.44. The van der Waals surface area contributed by atoms with E-state index in [1.165, 1.54) is 12.8 Å². The van der Waals surface area contributed by atoms with Crippen LogP contribution < -0.4 is 0 Å². The first kappa shape index (κ1) is 21.0. The van der Waals surface area contributed by atoms with E-state index >= 15 is 0 Å². The van der Waals surface area contributed by atoms with Gasteiger partial charge in [0.15, 0.2) is 0 Å². The lowest BCUT2D eigenvalue weighted by Gasteiger charge is -2.24. The number of imidazole rings is 1. The molecule has 0 spiro atoms. The lowest BCUT2D eigenvalue weighted by molar-refractivity contribution is 0.0756. The van der Waals surface area contributed by atoms with Gasteiger partial charge >= 0.3 is 0 Å². The molecule has 2 aromatic carbocycles. The van der Waals surface area contributed by atoms with E-state index in [0.29, 0.717) is 34.7 Å². The van der Waals surface area contributed by atoms with Gasteiger partial charge in [-0.15, -0.1) is 6.58 Å². The Morgan fingerprint density at radius 3 is 2.70 bits per heavy atom. The van der Waals surface area contributed by atoms with Gasteiger partial charge in [0, 0.05) is 28.2 Å². The van der Waals surface area contributed by atoms with Crippen molar-refractivity contribution in [3.05, 3.63) is 76.0 Å². The summed E-state index contributed by atoms with van der Waals surface area (Å²) < 4.78 is 2.29. The fourth-order valence-electron chi connectivity index (χ4n) is 4.25. The predicted octanol–water partition coefficient (Wildman–Crippen LogP) is 6.60. The van der Waals surface area contributed by atoms with E-state index in [9.17, 15) is 4.79 Å². The Bertz CT molecular complexity index is 1100. The van der Waals surface area contributed by atoms with Crippen molar-refractivity contribution >= 4 is 40.1 Å². The molecule has 0 N–H and O–H groups in total. The van der Waals surface area contributed by atoms with E-state index in [-0.39, 0.29) is 5.91 Å². The Morgan fingerprint density at radius 2 is 2.00 bits per heavy atom. The Morgan fingerprint density at radius 1 is 1.23 bits per heavy atom. The number of benzene rings is 2. The first-order valence-electron chi connectivity index (χ1n) is 10.3. The lowest BCUT2D eigenvalue weighted by Crippen LogP contribution is -2.32. The molecule has 4 nitrogen and oxygen atoms in total. The first-order chi connectivity index (χ1) is 14.5. The molecule has 0 bridgehead atoms. The molecule has 1 fully saturated rings. The SMILES string of the molecule is C=CCN(Cc1nc2ccc(Cl)cc2n1C1CCCC1)C(=O)c1ccc(C)c(Cl)c1. The number of carbonyl (C=O) groups is 1. The van der Waals surface area contributed by atoms with Crippen LogP contribution in [0.15, 0.2) is 49.1 Å². The lowest BCUT2D eigenvalue weighted by atomic mass is 10.1. The number of nitrogens with zero attached hydrogens (tertiary/aromatic N) is 3. The molecule has 1 heterocycles. The first-order valence-corrected chi connectivity index (χ1v) is 11.1. The largest absolute Gasteiger partial charge is 0.327 e. The summed E-state index contributed by atoms with van der Waals surface area (Å²) in [6, 6.07) is 11.6. The number of aromatic nitrogens is 2. The van der Waals surface area contributed by atoms with E-state index in [0.717, 1.165) is 35.3 Å². The minimum absolute atomic E-state index is 0.0835. The molecule has 30 heavy (non-hydrogen) atoms.